The van der Waals surface area contributed by atoms with E-state index in [0.717, 1.165) is 22.0 Å². The molecule has 5 atom stereocenters. The van der Waals surface area contributed by atoms with Crippen molar-refractivity contribution in [1.29, 1.82) is 0 Å². The Labute approximate surface area is 134 Å². The molecule has 2 fully saturated rings. The van der Waals surface area contributed by atoms with E-state index < -0.39 is 0 Å². The normalized spacial score (nSPS) is 30.4. The fourth-order valence-corrected chi connectivity index (χ4v) is 4.43. The molecule has 1 amide bonds. The van der Waals surface area contributed by atoms with E-state index in [2.05, 4.69) is 33.3 Å². The van der Waals surface area contributed by atoms with E-state index in [1.54, 1.807) is 4.68 Å². The third kappa shape index (κ3) is 2.89. The minimum atomic E-state index is -0.268. The van der Waals surface area contributed by atoms with Gasteiger partial charge in [-0.2, -0.15) is 5.10 Å². The third-order valence-electron chi connectivity index (χ3n) is 5.44. The summed E-state index contributed by atoms with van der Waals surface area (Å²) < 4.78 is 2.69. The highest BCUT2D eigenvalue weighted by atomic mass is 79.9. The van der Waals surface area contributed by atoms with Crippen molar-refractivity contribution in [3.8, 4) is 0 Å². The topological polar surface area (TPSA) is 46.9 Å². The smallest absolute Gasteiger partial charge is 0.244 e. The molecule has 1 N–H and O–H groups in total. The van der Waals surface area contributed by atoms with Crippen LogP contribution in [0.15, 0.2) is 10.7 Å². The Morgan fingerprint density at radius 2 is 2.19 bits per heavy atom. The Morgan fingerprint density at radius 1 is 1.43 bits per heavy atom. The average molecular weight is 354 g/mol. The molecule has 0 saturated heterocycles. The predicted molar refractivity (Wildman–Crippen MR) is 85.9 cm³/mol. The summed E-state index contributed by atoms with van der Waals surface area (Å²) in [6.45, 7) is 6.01. The maximum atomic E-state index is 12.5. The molecule has 3 rings (SSSR count). The van der Waals surface area contributed by atoms with Gasteiger partial charge in [-0.05, 0) is 73.7 Å². The number of aromatic nitrogens is 2. The number of carbonyl (C=O) groups is 1. The van der Waals surface area contributed by atoms with E-state index in [4.69, 9.17) is 0 Å². The number of hydrogen-bond donors (Lipinski definition) is 1. The summed E-state index contributed by atoms with van der Waals surface area (Å²) in [6.07, 6.45) is 7.32. The standard InChI is InChI=1S/C16H24BrN3O/c1-9(14-7-12-4-5-13(14)6-12)18-16(21)11(3)20-8-15(17)10(2)19-20/h8-9,11-14H,4-7H2,1-3H3,(H,18,21)/t9-,11+,12+,13+,14-/m0/s1. The average Bonchev–Trinajstić information content (AvgIpc) is 3.14. The fraction of sp³-hybridized carbons (Fsp3) is 0.750. The molecular formula is C16H24BrN3O. The number of aryl methyl sites for hydroxylation is 1. The third-order valence-corrected chi connectivity index (χ3v) is 6.22. The van der Waals surface area contributed by atoms with Crippen LogP contribution in [0.1, 0.15) is 51.3 Å². The van der Waals surface area contributed by atoms with Crippen LogP contribution in [0.4, 0.5) is 0 Å². The molecule has 2 aliphatic rings. The van der Waals surface area contributed by atoms with Gasteiger partial charge in [0, 0.05) is 12.2 Å². The van der Waals surface area contributed by atoms with Crippen LogP contribution in [-0.2, 0) is 4.79 Å². The maximum absolute atomic E-state index is 12.5. The van der Waals surface area contributed by atoms with Gasteiger partial charge >= 0.3 is 0 Å². The largest absolute Gasteiger partial charge is 0.352 e. The second-order valence-electron chi connectivity index (χ2n) is 6.85. The summed E-state index contributed by atoms with van der Waals surface area (Å²) >= 11 is 3.45. The van der Waals surface area contributed by atoms with Crippen LogP contribution < -0.4 is 5.32 Å². The van der Waals surface area contributed by atoms with Gasteiger partial charge in [-0.25, -0.2) is 0 Å². The molecule has 0 unspecified atom stereocenters. The quantitative estimate of drug-likeness (QED) is 0.900. The van der Waals surface area contributed by atoms with Crippen molar-refractivity contribution in [3.05, 3.63) is 16.4 Å². The number of carbonyl (C=O) groups excluding carboxylic acids is 1. The zero-order chi connectivity index (χ0) is 15.1. The zero-order valence-electron chi connectivity index (χ0n) is 13.0. The van der Waals surface area contributed by atoms with E-state index in [-0.39, 0.29) is 18.0 Å². The second-order valence-corrected chi connectivity index (χ2v) is 7.71. The Hall–Kier alpha value is -0.840. The number of halogens is 1. The second kappa shape index (κ2) is 5.75. The zero-order valence-corrected chi connectivity index (χ0v) is 14.6. The monoisotopic (exact) mass is 353 g/mol. The predicted octanol–water partition coefficient (Wildman–Crippen LogP) is 3.46. The molecule has 1 heterocycles. The van der Waals surface area contributed by atoms with Crippen molar-refractivity contribution < 1.29 is 4.79 Å². The van der Waals surface area contributed by atoms with Gasteiger partial charge in [0.05, 0.1) is 10.2 Å². The van der Waals surface area contributed by atoms with Crippen LogP contribution in [0.3, 0.4) is 0 Å². The molecule has 21 heavy (non-hydrogen) atoms. The summed E-state index contributed by atoms with van der Waals surface area (Å²) in [5.74, 6) is 2.49. The molecule has 1 aromatic heterocycles. The summed E-state index contributed by atoms with van der Waals surface area (Å²) in [7, 11) is 0. The van der Waals surface area contributed by atoms with Crippen LogP contribution in [0.5, 0.6) is 0 Å². The van der Waals surface area contributed by atoms with Crippen molar-refractivity contribution in [3.63, 3.8) is 0 Å². The molecule has 0 aliphatic heterocycles. The van der Waals surface area contributed by atoms with Gasteiger partial charge in [-0.1, -0.05) is 6.42 Å². The number of amides is 1. The van der Waals surface area contributed by atoms with E-state index in [0.29, 0.717) is 5.92 Å². The number of nitrogens with one attached hydrogen (secondary N) is 1. The molecule has 2 aliphatic carbocycles. The lowest BCUT2D eigenvalue weighted by Crippen LogP contribution is -2.43. The summed E-state index contributed by atoms with van der Waals surface area (Å²) in [4.78, 5) is 12.5. The van der Waals surface area contributed by atoms with Crippen LogP contribution >= 0.6 is 15.9 Å². The highest BCUT2D eigenvalue weighted by Crippen LogP contribution is 2.49. The molecular weight excluding hydrogens is 330 g/mol. The van der Waals surface area contributed by atoms with Crippen LogP contribution in [0.25, 0.3) is 0 Å². The van der Waals surface area contributed by atoms with E-state index in [1.807, 2.05) is 20.0 Å². The Kier molecular flexibility index (Phi) is 4.12. The van der Waals surface area contributed by atoms with Gasteiger partial charge in [0.2, 0.25) is 5.91 Å². The first kappa shape index (κ1) is 15.1. The van der Waals surface area contributed by atoms with Crippen LogP contribution in [-0.4, -0.2) is 21.7 Å². The molecule has 0 radical (unpaired) electrons. The van der Waals surface area contributed by atoms with E-state index >= 15 is 0 Å². The van der Waals surface area contributed by atoms with E-state index in [1.165, 1.54) is 25.7 Å². The highest BCUT2D eigenvalue weighted by Gasteiger charge is 2.42. The van der Waals surface area contributed by atoms with Crippen molar-refractivity contribution >= 4 is 21.8 Å². The molecule has 1 aromatic rings. The van der Waals surface area contributed by atoms with Gasteiger partial charge in [-0.15, -0.1) is 0 Å². The first-order valence-corrected chi connectivity index (χ1v) is 8.76. The first-order chi connectivity index (χ1) is 9.95. The van der Waals surface area contributed by atoms with Gasteiger partial charge in [0.15, 0.2) is 0 Å². The molecule has 2 bridgehead atoms. The number of rotatable bonds is 4. The summed E-state index contributed by atoms with van der Waals surface area (Å²) in [6, 6.07) is 0.00592. The molecule has 0 aromatic carbocycles. The van der Waals surface area contributed by atoms with Crippen molar-refractivity contribution in [1.82, 2.24) is 15.1 Å². The minimum Gasteiger partial charge on any atom is -0.352 e. The lowest BCUT2D eigenvalue weighted by atomic mass is 9.84. The van der Waals surface area contributed by atoms with Gasteiger partial charge < -0.3 is 5.32 Å². The Balaban J connectivity index is 1.60. The molecule has 116 valence electrons. The minimum absolute atomic E-state index is 0.0697. The molecule has 2 saturated carbocycles. The lowest BCUT2D eigenvalue weighted by molar-refractivity contribution is -0.125. The van der Waals surface area contributed by atoms with Crippen molar-refractivity contribution in [2.24, 2.45) is 17.8 Å². The van der Waals surface area contributed by atoms with E-state index in [9.17, 15) is 4.79 Å². The first-order valence-electron chi connectivity index (χ1n) is 7.97. The van der Waals surface area contributed by atoms with Gasteiger partial charge in [-0.3, -0.25) is 9.48 Å². The molecule has 4 nitrogen and oxygen atoms in total. The molecule has 0 spiro atoms. The molecule has 5 heteroatoms. The van der Waals surface area contributed by atoms with Crippen LogP contribution in [0.2, 0.25) is 0 Å². The Morgan fingerprint density at radius 3 is 2.71 bits per heavy atom. The maximum Gasteiger partial charge on any atom is 0.244 e. The van der Waals surface area contributed by atoms with Gasteiger partial charge in [0.1, 0.15) is 6.04 Å². The summed E-state index contributed by atoms with van der Waals surface area (Å²) in [5, 5.41) is 7.60. The fourth-order valence-electron chi connectivity index (χ4n) is 4.14. The van der Waals surface area contributed by atoms with Crippen molar-refractivity contribution in [2.45, 2.75) is 58.5 Å². The Bertz CT molecular complexity index is 522. The van der Waals surface area contributed by atoms with Crippen LogP contribution in [0, 0.1) is 24.7 Å². The highest BCUT2D eigenvalue weighted by molar-refractivity contribution is 9.10. The van der Waals surface area contributed by atoms with Crippen molar-refractivity contribution in [2.75, 3.05) is 0 Å². The lowest BCUT2D eigenvalue weighted by Gasteiger charge is -2.29. The number of fused-ring (bicyclic) bond motifs is 2. The summed E-state index contributed by atoms with van der Waals surface area (Å²) in [5.41, 5.74) is 0.913. The number of nitrogens with zero attached hydrogens (tertiary/aromatic N) is 2. The number of hydrogen-bond acceptors (Lipinski definition) is 2. The van der Waals surface area contributed by atoms with Gasteiger partial charge in [0.25, 0.3) is 0 Å². The SMILES string of the molecule is Cc1nn([C@H](C)C(=O)N[C@@H](C)[C@@H]2C[C@@H]3CC[C@@H]2C3)cc1Br.